The van der Waals surface area contributed by atoms with Crippen LogP contribution in [0.3, 0.4) is 0 Å². The maximum absolute atomic E-state index is 11.8. The van der Waals surface area contributed by atoms with E-state index in [4.69, 9.17) is 0 Å². The average molecular weight is 205 g/mol. The summed E-state index contributed by atoms with van der Waals surface area (Å²) in [5.74, 6) is 0. The minimum absolute atomic E-state index is 0.211. The standard InChI is InChI=1S/C5H10F3NO2S/c1-2-3-4-9(12(10)11)5(6,7)8/h12H,2-4H2,1H3. The smallest absolute Gasteiger partial charge is 0.215 e. The van der Waals surface area contributed by atoms with E-state index in [1.54, 1.807) is 6.92 Å². The minimum atomic E-state index is -4.77. The highest BCUT2D eigenvalue weighted by molar-refractivity contribution is 7.69. The summed E-state index contributed by atoms with van der Waals surface area (Å²) >= 11 is 0. The zero-order chi connectivity index (χ0) is 9.78. The Morgan fingerprint density at radius 1 is 1.33 bits per heavy atom. The molecule has 0 aromatic heterocycles. The molecular weight excluding hydrogens is 195 g/mol. The van der Waals surface area contributed by atoms with Gasteiger partial charge in [0.2, 0.25) is 10.9 Å². The van der Waals surface area contributed by atoms with Gasteiger partial charge in [-0.1, -0.05) is 13.3 Å². The van der Waals surface area contributed by atoms with Gasteiger partial charge in [-0.25, -0.2) is 8.42 Å². The SMILES string of the molecule is CCCCN([SH](=O)=O)C(F)(F)F. The molecule has 7 heteroatoms. The van der Waals surface area contributed by atoms with Crippen LogP contribution in [0.4, 0.5) is 13.2 Å². The Kier molecular flexibility index (Phi) is 4.54. The highest BCUT2D eigenvalue weighted by atomic mass is 32.2. The number of rotatable bonds is 4. The van der Waals surface area contributed by atoms with E-state index in [1.165, 1.54) is 0 Å². The number of hydrogen-bond acceptors (Lipinski definition) is 2. The van der Waals surface area contributed by atoms with Crippen molar-refractivity contribution in [3.63, 3.8) is 0 Å². The third-order valence-corrected chi connectivity index (χ3v) is 2.03. The van der Waals surface area contributed by atoms with Crippen LogP contribution in [0.15, 0.2) is 0 Å². The number of halogens is 3. The molecular formula is C5H10F3NO2S. The second-order valence-corrected chi connectivity index (χ2v) is 3.14. The Labute approximate surface area is 70.2 Å². The first kappa shape index (κ1) is 11.7. The van der Waals surface area contributed by atoms with Crippen molar-refractivity contribution >= 4 is 10.9 Å². The molecule has 0 aliphatic heterocycles. The predicted octanol–water partition coefficient (Wildman–Crippen LogP) is 1.13. The van der Waals surface area contributed by atoms with Crippen molar-refractivity contribution in [2.24, 2.45) is 0 Å². The topological polar surface area (TPSA) is 37.4 Å². The lowest BCUT2D eigenvalue weighted by Gasteiger charge is -2.17. The van der Waals surface area contributed by atoms with Gasteiger partial charge in [-0.2, -0.15) is 13.2 Å². The van der Waals surface area contributed by atoms with Crippen LogP contribution in [-0.2, 0) is 10.9 Å². The quantitative estimate of drug-likeness (QED) is 0.552. The summed E-state index contributed by atoms with van der Waals surface area (Å²) in [7, 11) is -3.56. The van der Waals surface area contributed by atoms with Gasteiger partial charge in [-0.3, -0.25) is 0 Å². The molecule has 74 valence electrons. The molecule has 0 saturated heterocycles. The van der Waals surface area contributed by atoms with Gasteiger partial charge in [0.1, 0.15) is 0 Å². The van der Waals surface area contributed by atoms with Gasteiger partial charge in [0.25, 0.3) is 0 Å². The Morgan fingerprint density at radius 2 is 1.83 bits per heavy atom. The van der Waals surface area contributed by atoms with E-state index >= 15 is 0 Å². The van der Waals surface area contributed by atoms with Gasteiger partial charge in [0.15, 0.2) is 0 Å². The average Bonchev–Trinajstić information content (AvgIpc) is 1.84. The highest BCUT2D eigenvalue weighted by Gasteiger charge is 2.38. The fraction of sp³-hybridized carbons (Fsp3) is 1.00. The first-order valence-electron chi connectivity index (χ1n) is 3.38. The molecule has 0 aromatic rings. The van der Waals surface area contributed by atoms with Gasteiger partial charge in [-0.15, -0.1) is 4.31 Å². The summed E-state index contributed by atoms with van der Waals surface area (Å²) in [6.07, 6.45) is -4.04. The van der Waals surface area contributed by atoms with E-state index in [9.17, 15) is 21.6 Å². The van der Waals surface area contributed by atoms with Gasteiger partial charge in [0, 0.05) is 6.54 Å². The zero-order valence-electron chi connectivity index (χ0n) is 6.47. The molecule has 0 aliphatic carbocycles. The summed E-state index contributed by atoms with van der Waals surface area (Å²) < 4.78 is 55.2. The van der Waals surface area contributed by atoms with Crippen LogP contribution >= 0.6 is 0 Å². The molecule has 0 amide bonds. The molecule has 0 radical (unpaired) electrons. The lowest BCUT2D eigenvalue weighted by Crippen LogP contribution is -2.37. The first-order valence-corrected chi connectivity index (χ1v) is 4.51. The van der Waals surface area contributed by atoms with Crippen LogP contribution in [0.2, 0.25) is 0 Å². The largest absolute Gasteiger partial charge is 0.473 e. The van der Waals surface area contributed by atoms with E-state index in [-0.39, 0.29) is 6.42 Å². The number of alkyl halides is 3. The molecule has 0 N–H and O–H groups in total. The van der Waals surface area contributed by atoms with Crippen molar-refractivity contribution in [2.45, 2.75) is 26.1 Å². The van der Waals surface area contributed by atoms with Crippen LogP contribution < -0.4 is 0 Å². The van der Waals surface area contributed by atoms with Crippen LogP contribution in [0.25, 0.3) is 0 Å². The van der Waals surface area contributed by atoms with E-state index in [0.717, 1.165) is 0 Å². The van der Waals surface area contributed by atoms with Crippen molar-refractivity contribution in [2.75, 3.05) is 6.54 Å². The predicted molar refractivity (Wildman–Crippen MR) is 38.0 cm³/mol. The maximum Gasteiger partial charge on any atom is 0.473 e. The van der Waals surface area contributed by atoms with Crippen molar-refractivity contribution in [1.82, 2.24) is 4.31 Å². The van der Waals surface area contributed by atoms with Crippen LogP contribution in [0, 0.1) is 0 Å². The van der Waals surface area contributed by atoms with E-state index in [0.29, 0.717) is 6.42 Å². The monoisotopic (exact) mass is 205 g/mol. The molecule has 0 spiro atoms. The summed E-state index contributed by atoms with van der Waals surface area (Å²) in [4.78, 5) is 0. The van der Waals surface area contributed by atoms with Gasteiger partial charge >= 0.3 is 6.30 Å². The normalized spacial score (nSPS) is 12.8. The van der Waals surface area contributed by atoms with Crippen molar-refractivity contribution in [3.8, 4) is 0 Å². The second kappa shape index (κ2) is 4.66. The molecule has 0 bridgehead atoms. The van der Waals surface area contributed by atoms with Gasteiger partial charge in [0.05, 0.1) is 0 Å². The Morgan fingerprint density at radius 3 is 2.08 bits per heavy atom. The highest BCUT2D eigenvalue weighted by Crippen LogP contribution is 2.21. The number of hydrogen-bond donors (Lipinski definition) is 1. The molecule has 0 aromatic carbocycles. The van der Waals surface area contributed by atoms with Crippen molar-refractivity contribution < 1.29 is 21.6 Å². The van der Waals surface area contributed by atoms with Crippen LogP contribution in [0.5, 0.6) is 0 Å². The maximum atomic E-state index is 11.8. The lowest BCUT2D eigenvalue weighted by atomic mass is 10.3. The van der Waals surface area contributed by atoms with E-state index < -0.39 is 28.0 Å². The molecule has 0 aliphatic rings. The van der Waals surface area contributed by atoms with Gasteiger partial charge < -0.3 is 0 Å². The molecule has 0 unspecified atom stereocenters. The van der Waals surface area contributed by atoms with Crippen molar-refractivity contribution in [1.29, 1.82) is 0 Å². The Balaban J connectivity index is 4.25. The fourth-order valence-electron chi connectivity index (χ4n) is 0.609. The first-order chi connectivity index (χ1) is 5.39. The molecule has 0 heterocycles. The fourth-order valence-corrected chi connectivity index (χ4v) is 1.10. The Hall–Kier alpha value is -0.300. The van der Waals surface area contributed by atoms with Crippen LogP contribution in [0.1, 0.15) is 19.8 Å². The summed E-state index contributed by atoms with van der Waals surface area (Å²) in [5, 5.41) is 0. The summed E-state index contributed by atoms with van der Waals surface area (Å²) in [6, 6.07) is 0. The molecule has 0 atom stereocenters. The number of thiol groups is 1. The third-order valence-electron chi connectivity index (χ3n) is 1.21. The lowest BCUT2D eigenvalue weighted by molar-refractivity contribution is -0.209. The summed E-state index contributed by atoms with van der Waals surface area (Å²) in [6.45, 7) is 1.20. The summed E-state index contributed by atoms with van der Waals surface area (Å²) in [5.41, 5.74) is 0. The Bertz CT molecular complexity index is 193. The van der Waals surface area contributed by atoms with E-state index in [1.807, 2.05) is 0 Å². The molecule has 0 fully saturated rings. The number of unbranched alkanes of at least 4 members (excludes halogenated alkanes) is 1. The third kappa shape index (κ3) is 3.91. The molecule has 0 rings (SSSR count). The van der Waals surface area contributed by atoms with E-state index in [2.05, 4.69) is 0 Å². The minimum Gasteiger partial charge on any atom is -0.215 e. The van der Waals surface area contributed by atoms with Crippen LogP contribution in [-0.4, -0.2) is 25.6 Å². The van der Waals surface area contributed by atoms with Crippen molar-refractivity contribution in [3.05, 3.63) is 0 Å². The molecule has 3 nitrogen and oxygen atoms in total. The second-order valence-electron chi connectivity index (χ2n) is 2.18. The van der Waals surface area contributed by atoms with Gasteiger partial charge in [-0.05, 0) is 6.42 Å². The molecule has 0 saturated carbocycles. The number of nitrogens with zero attached hydrogens (tertiary/aromatic N) is 1. The molecule has 12 heavy (non-hydrogen) atoms. The zero-order valence-corrected chi connectivity index (χ0v) is 7.36.